The number of nitrogens with zero attached hydrogens (tertiary/aromatic N) is 2. The molecule has 0 unspecified atom stereocenters. The zero-order valence-corrected chi connectivity index (χ0v) is 10.4. The van der Waals surface area contributed by atoms with Crippen molar-refractivity contribution in [3.8, 4) is 0 Å². The lowest BCUT2D eigenvalue weighted by atomic mass is 9.78. The van der Waals surface area contributed by atoms with E-state index in [1.807, 2.05) is 0 Å². The molecule has 1 aliphatic carbocycles. The molecular weight excluding hydrogens is 228 g/mol. The largest absolute Gasteiger partial charge is 0.478 e. The number of aromatic carboxylic acids is 1. The van der Waals surface area contributed by atoms with Crippen molar-refractivity contribution in [1.29, 1.82) is 0 Å². The SMILES string of the molecule is O=C(O)c1ccnc(CN2CC3(CCCC3)C2)c1. The standard InChI is InChI=1S/C14H18N2O2/c17-13(18)11-3-6-15-12(7-11)8-16-9-14(10-16)4-1-2-5-14/h3,6-7H,1-2,4-5,8-10H2,(H,17,18). The molecule has 2 aliphatic rings. The molecule has 1 aromatic heterocycles. The van der Waals surface area contributed by atoms with Crippen LogP contribution >= 0.6 is 0 Å². The van der Waals surface area contributed by atoms with Crippen molar-refractivity contribution in [2.24, 2.45) is 5.41 Å². The summed E-state index contributed by atoms with van der Waals surface area (Å²) >= 11 is 0. The summed E-state index contributed by atoms with van der Waals surface area (Å²) in [5, 5.41) is 8.94. The average molecular weight is 246 g/mol. The fraction of sp³-hybridized carbons (Fsp3) is 0.571. The van der Waals surface area contributed by atoms with Crippen LogP contribution in [-0.4, -0.2) is 34.0 Å². The molecule has 2 heterocycles. The normalized spacial score (nSPS) is 22.0. The van der Waals surface area contributed by atoms with E-state index in [0.717, 1.165) is 25.3 Å². The number of aromatic nitrogens is 1. The van der Waals surface area contributed by atoms with Gasteiger partial charge < -0.3 is 5.11 Å². The Morgan fingerprint density at radius 3 is 2.78 bits per heavy atom. The van der Waals surface area contributed by atoms with Gasteiger partial charge in [0.25, 0.3) is 0 Å². The number of hydrogen-bond acceptors (Lipinski definition) is 3. The summed E-state index contributed by atoms with van der Waals surface area (Å²) in [4.78, 5) is 17.5. The van der Waals surface area contributed by atoms with E-state index in [-0.39, 0.29) is 0 Å². The lowest BCUT2D eigenvalue weighted by molar-refractivity contribution is -0.00114. The van der Waals surface area contributed by atoms with E-state index in [1.54, 1.807) is 18.3 Å². The third-order valence-corrected chi connectivity index (χ3v) is 4.23. The van der Waals surface area contributed by atoms with Gasteiger partial charge in [-0.3, -0.25) is 9.88 Å². The maximum atomic E-state index is 10.9. The fourth-order valence-electron chi connectivity index (χ4n) is 3.38. The van der Waals surface area contributed by atoms with Crippen LogP contribution in [0.4, 0.5) is 0 Å². The maximum Gasteiger partial charge on any atom is 0.335 e. The Balaban J connectivity index is 1.61. The van der Waals surface area contributed by atoms with Gasteiger partial charge in [0.2, 0.25) is 0 Å². The molecule has 0 radical (unpaired) electrons. The number of carboxylic acid groups (broad SMARTS) is 1. The van der Waals surface area contributed by atoms with Gasteiger partial charge in [-0.2, -0.15) is 0 Å². The molecule has 1 aliphatic heterocycles. The molecule has 1 saturated heterocycles. The summed E-state index contributed by atoms with van der Waals surface area (Å²) in [6.45, 7) is 3.10. The van der Waals surface area contributed by atoms with Crippen molar-refractivity contribution in [1.82, 2.24) is 9.88 Å². The van der Waals surface area contributed by atoms with Gasteiger partial charge in [-0.1, -0.05) is 12.8 Å². The average Bonchev–Trinajstić information content (AvgIpc) is 2.78. The second kappa shape index (κ2) is 4.35. The lowest BCUT2D eigenvalue weighted by Gasteiger charge is -2.48. The number of hydrogen-bond donors (Lipinski definition) is 1. The first-order valence-corrected chi connectivity index (χ1v) is 6.58. The molecule has 1 aromatic rings. The Kier molecular flexibility index (Phi) is 2.82. The minimum Gasteiger partial charge on any atom is -0.478 e. The Bertz CT molecular complexity index is 459. The van der Waals surface area contributed by atoms with Gasteiger partial charge in [0.05, 0.1) is 11.3 Å². The third kappa shape index (κ3) is 2.12. The van der Waals surface area contributed by atoms with Crippen molar-refractivity contribution in [3.05, 3.63) is 29.6 Å². The van der Waals surface area contributed by atoms with Crippen molar-refractivity contribution < 1.29 is 9.90 Å². The van der Waals surface area contributed by atoms with E-state index < -0.39 is 5.97 Å². The summed E-state index contributed by atoms with van der Waals surface area (Å²) in [6, 6.07) is 3.22. The molecular formula is C14H18N2O2. The van der Waals surface area contributed by atoms with E-state index in [1.165, 1.54) is 25.7 Å². The maximum absolute atomic E-state index is 10.9. The minimum atomic E-state index is -0.880. The quantitative estimate of drug-likeness (QED) is 0.888. The van der Waals surface area contributed by atoms with Crippen LogP contribution in [-0.2, 0) is 6.54 Å². The highest BCUT2D eigenvalue weighted by Crippen LogP contribution is 2.45. The summed E-state index contributed by atoms with van der Waals surface area (Å²) in [6.07, 6.45) is 7.07. The van der Waals surface area contributed by atoms with Gasteiger partial charge >= 0.3 is 5.97 Å². The van der Waals surface area contributed by atoms with Crippen molar-refractivity contribution >= 4 is 5.97 Å². The van der Waals surface area contributed by atoms with E-state index in [9.17, 15) is 4.79 Å². The van der Waals surface area contributed by atoms with Crippen LogP contribution in [0.3, 0.4) is 0 Å². The first kappa shape index (κ1) is 11.7. The van der Waals surface area contributed by atoms with Crippen molar-refractivity contribution in [3.63, 3.8) is 0 Å². The Morgan fingerprint density at radius 1 is 1.39 bits per heavy atom. The van der Waals surface area contributed by atoms with Gasteiger partial charge in [0.15, 0.2) is 0 Å². The van der Waals surface area contributed by atoms with Gasteiger partial charge in [-0.25, -0.2) is 4.79 Å². The topological polar surface area (TPSA) is 53.4 Å². The third-order valence-electron chi connectivity index (χ3n) is 4.23. The summed E-state index contributed by atoms with van der Waals surface area (Å²) < 4.78 is 0. The molecule has 0 atom stereocenters. The summed E-state index contributed by atoms with van der Waals surface area (Å²) in [7, 11) is 0. The van der Waals surface area contributed by atoms with E-state index in [0.29, 0.717) is 11.0 Å². The van der Waals surface area contributed by atoms with Crippen LogP contribution in [0.1, 0.15) is 41.7 Å². The Morgan fingerprint density at radius 2 is 2.11 bits per heavy atom. The van der Waals surface area contributed by atoms with Crippen LogP contribution in [0.25, 0.3) is 0 Å². The first-order chi connectivity index (χ1) is 8.67. The second-order valence-corrected chi connectivity index (χ2v) is 5.69. The van der Waals surface area contributed by atoms with Gasteiger partial charge in [-0.15, -0.1) is 0 Å². The van der Waals surface area contributed by atoms with Gasteiger partial charge in [-0.05, 0) is 30.4 Å². The van der Waals surface area contributed by atoms with Crippen LogP contribution in [0, 0.1) is 5.41 Å². The van der Waals surface area contributed by atoms with Gasteiger partial charge in [0, 0.05) is 25.8 Å². The molecule has 4 nitrogen and oxygen atoms in total. The molecule has 18 heavy (non-hydrogen) atoms. The lowest BCUT2D eigenvalue weighted by Crippen LogP contribution is -2.54. The monoisotopic (exact) mass is 246 g/mol. The van der Waals surface area contributed by atoms with E-state index in [2.05, 4.69) is 9.88 Å². The molecule has 4 heteroatoms. The predicted octanol–water partition coefficient (Wildman–Crippen LogP) is 2.16. The predicted molar refractivity (Wildman–Crippen MR) is 67.4 cm³/mol. The van der Waals surface area contributed by atoms with Crippen LogP contribution in [0.5, 0.6) is 0 Å². The number of carbonyl (C=O) groups is 1. The second-order valence-electron chi connectivity index (χ2n) is 5.69. The molecule has 1 saturated carbocycles. The number of likely N-dealkylation sites (tertiary alicyclic amines) is 1. The number of pyridine rings is 1. The number of carboxylic acids is 1. The highest BCUT2D eigenvalue weighted by atomic mass is 16.4. The van der Waals surface area contributed by atoms with Crippen molar-refractivity contribution in [2.75, 3.05) is 13.1 Å². The molecule has 3 rings (SSSR count). The minimum absolute atomic E-state index is 0.330. The smallest absolute Gasteiger partial charge is 0.335 e. The van der Waals surface area contributed by atoms with E-state index >= 15 is 0 Å². The fourth-order valence-corrected chi connectivity index (χ4v) is 3.38. The zero-order chi connectivity index (χ0) is 12.6. The first-order valence-electron chi connectivity index (χ1n) is 6.58. The van der Waals surface area contributed by atoms with Crippen LogP contribution in [0.2, 0.25) is 0 Å². The molecule has 1 N–H and O–H groups in total. The highest BCUT2D eigenvalue weighted by molar-refractivity contribution is 5.87. The van der Waals surface area contributed by atoms with Crippen molar-refractivity contribution in [2.45, 2.75) is 32.2 Å². The highest BCUT2D eigenvalue weighted by Gasteiger charge is 2.44. The summed E-state index contributed by atoms with van der Waals surface area (Å²) in [5.74, 6) is -0.880. The van der Waals surface area contributed by atoms with Crippen LogP contribution < -0.4 is 0 Å². The number of rotatable bonds is 3. The molecule has 1 spiro atoms. The zero-order valence-electron chi connectivity index (χ0n) is 10.4. The summed E-state index contributed by atoms with van der Waals surface area (Å²) in [5.41, 5.74) is 1.78. The Labute approximate surface area is 107 Å². The molecule has 96 valence electrons. The molecule has 0 amide bonds. The molecule has 2 fully saturated rings. The molecule has 0 aromatic carbocycles. The molecule has 0 bridgehead atoms. The van der Waals surface area contributed by atoms with Gasteiger partial charge in [0.1, 0.15) is 0 Å². The van der Waals surface area contributed by atoms with Crippen LogP contribution in [0.15, 0.2) is 18.3 Å². The van der Waals surface area contributed by atoms with E-state index in [4.69, 9.17) is 5.11 Å². The Hall–Kier alpha value is -1.42.